The third-order valence-corrected chi connectivity index (χ3v) is 4.95. The van der Waals surface area contributed by atoms with Crippen molar-refractivity contribution in [1.82, 2.24) is 14.9 Å². The predicted octanol–water partition coefficient (Wildman–Crippen LogP) is 2.10. The molecule has 1 heterocycles. The molecule has 2 rings (SSSR count). The number of hydrogen-bond donors (Lipinski definition) is 2. The Hall–Kier alpha value is -1.25. The topological polar surface area (TPSA) is 74.8 Å². The van der Waals surface area contributed by atoms with Crippen LogP contribution in [0.5, 0.6) is 0 Å². The van der Waals surface area contributed by atoms with Crippen LogP contribution in [0.4, 0.5) is 4.39 Å². The molecule has 2 N–H and O–H groups in total. The summed E-state index contributed by atoms with van der Waals surface area (Å²) in [6.45, 7) is 1.92. The molecule has 0 atom stereocenters. The number of rotatable bonds is 4. The molecule has 2 aromatic rings. The van der Waals surface area contributed by atoms with Gasteiger partial charge in [0.15, 0.2) is 0 Å². The van der Waals surface area contributed by atoms with Crippen LogP contribution >= 0.6 is 15.9 Å². The second kappa shape index (κ2) is 5.40. The van der Waals surface area contributed by atoms with Crippen molar-refractivity contribution in [3.63, 3.8) is 0 Å². The summed E-state index contributed by atoms with van der Waals surface area (Å²) in [6, 6.07) is 3.42. The zero-order valence-electron chi connectivity index (χ0n) is 9.94. The first-order chi connectivity index (χ1) is 8.90. The van der Waals surface area contributed by atoms with Gasteiger partial charge in [-0.15, -0.1) is 0 Å². The van der Waals surface area contributed by atoms with Gasteiger partial charge in [-0.1, -0.05) is 0 Å². The van der Waals surface area contributed by atoms with Gasteiger partial charge in [-0.3, -0.25) is 5.10 Å². The maximum absolute atomic E-state index is 12.9. The summed E-state index contributed by atoms with van der Waals surface area (Å²) in [5.74, 6) is -0.503. The summed E-state index contributed by atoms with van der Waals surface area (Å²) >= 11 is 3.04. The minimum atomic E-state index is -3.71. The lowest BCUT2D eigenvalue weighted by Crippen LogP contribution is -2.23. The number of aromatic amines is 1. The normalized spacial score (nSPS) is 11.7. The molecule has 1 aromatic carbocycles. The molecule has 19 heavy (non-hydrogen) atoms. The fourth-order valence-electron chi connectivity index (χ4n) is 1.50. The average molecular weight is 348 g/mol. The molecule has 0 saturated heterocycles. The number of aryl methyl sites for hydroxylation is 1. The molecule has 0 bridgehead atoms. The van der Waals surface area contributed by atoms with E-state index in [2.05, 4.69) is 30.8 Å². The number of benzene rings is 1. The van der Waals surface area contributed by atoms with Gasteiger partial charge in [-0.05, 0) is 41.1 Å². The van der Waals surface area contributed by atoms with E-state index in [-0.39, 0.29) is 15.9 Å². The van der Waals surface area contributed by atoms with Gasteiger partial charge < -0.3 is 0 Å². The Bertz CT molecular complexity index is 700. The van der Waals surface area contributed by atoms with E-state index in [9.17, 15) is 12.8 Å². The fourth-order valence-corrected chi connectivity index (χ4v) is 3.55. The first-order valence-electron chi connectivity index (χ1n) is 5.34. The van der Waals surface area contributed by atoms with E-state index in [0.717, 1.165) is 23.4 Å². The van der Waals surface area contributed by atoms with Crippen molar-refractivity contribution in [3.8, 4) is 0 Å². The van der Waals surface area contributed by atoms with Gasteiger partial charge in [0.1, 0.15) is 5.82 Å². The molecular weight excluding hydrogens is 337 g/mol. The minimum Gasteiger partial charge on any atom is -0.283 e. The lowest BCUT2D eigenvalue weighted by molar-refractivity contribution is 0.579. The van der Waals surface area contributed by atoms with Crippen LogP contribution in [-0.4, -0.2) is 18.6 Å². The molecule has 0 aliphatic rings. The second-order valence-corrected chi connectivity index (χ2v) is 6.51. The van der Waals surface area contributed by atoms with Crippen molar-refractivity contribution < 1.29 is 12.8 Å². The van der Waals surface area contributed by atoms with E-state index in [0.29, 0.717) is 0 Å². The Morgan fingerprint density at radius 1 is 1.47 bits per heavy atom. The molecule has 1 aromatic heterocycles. The van der Waals surface area contributed by atoms with Crippen LogP contribution in [0.1, 0.15) is 11.3 Å². The predicted molar refractivity (Wildman–Crippen MR) is 71.5 cm³/mol. The van der Waals surface area contributed by atoms with Crippen LogP contribution in [0.3, 0.4) is 0 Å². The van der Waals surface area contributed by atoms with E-state index in [1.807, 2.05) is 0 Å². The largest absolute Gasteiger partial charge is 0.283 e. The Labute approximate surface area is 118 Å². The maximum Gasteiger partial charge on any atom is 0.241 e. The molecule has 0 spiro atoms. The fraction of sp³-hybridized carbons (Fsp3) is 0.182. The highest BCUT2D eigenvalue weighted by Crippen LogP contribution is 2.22. The summed E-state index contributed by atoms with van der Waals surface area (Å²) in [5, 5.41) is 6.53. The Kier molecular flexibility index (Phi) is 4.02. The molecule has 0 aliphatic carbocycles. The van der Waals surface area contributed by atoms with Crippen molar-refractivity contribution in [2.75, 3.05) is 0 Å². The van der Waals surface area contributed by atoms with E-state index in [1.54, 1.807) is 13.1 Å². The van der Waals surface area contributed by atoms with Crippen molar-refractivity contribution in [2.24, 2.45) is 0 Å². The number of nitrogens with zero attached hydrogens (tertiary/aromatic N) is 1. The number of hydrogen-bond acceptors (Lipinski definition) is 3. The van der Waals surface area contributed by atoms with Crippen molar-refractivity contribution in [3.05, 3.63) is 45.9 Å². The van der Waals surface area contributed by atoms with Gasteiger partial charge in [0.05, 0.1) is 11.1 Å². The summed E-state index contributed by atoms with van der Waals surface area (Å²) in [7, 11) is -3.71. The van der Waals surface area contributed by atoms with Gasteiger partial charge in [0.2, 0.25) is 10.0 Å². The Balaban J connectivity index is 2.21. The first kappa shape index (κ1) is 14.2. The van der Waals surface area contributed by atoms with Crippen molar-refractivity contribution in [2.45, 2.75) is 18.4 Å². The molecule has 0 amide bonds. The van der Waals surface area contributed by atoms with Crippen LogP contribution in [0.25, 0.3) is 0 Å². The zero-order chi connectivity index (χ0) is 14.0. The number of aromatic nitrogens is 2. The van der Waals surface area contributed by atoms with E-state index >= 15 is 0 Å². The maximum atomic E-state index is 12.9. The van der Waals surface area contributed by atoms with Crippen LogP contribution in [0.15, 0.2) is 33.8 Å². The quantitative estimate of drug-likeness (QED) is 0.889. The molecule has 102 valence electrons. The van der Waals surface area contributed by atoms with Gasteiger partial charge >= 0.3 is 0 Å². The van der Waals surface area contributed by atoms with E-state index in [1.165, 1.54) is 6.07 Å². The Morgan fingerprint density at radius 3 is 2.79 bits per heavy atom. The summed E-state index contributed by atoms with van der Waals surface area (Å²) in [4.78, 5) is -0.00459. The standard InChI is InChI=1S/C11H11BrFN3O2S/c1-7-8(5-14-16-7)6-15-19(17,18)11-3-2-9(13)4-10(11)12/h2-5,15H,6H2,1H3,(H,14,16). The monoisotopic (exact) mass is 347 g/mol. The molecule has 5 nitrogen and oxygen atoms in total. The van der Waals surface area contributed by atoms with Crippen LogP contribution < -0.4 is 4.72 Å². The SMILES string of the molecule is Cc1[nH]ncc1CNS(=O)(=O)c1ccc(F)cc1Br. The number of sulfonamides is 1. The molecule has 0 fully saturated rings. The van der Waals surface area contributed by atoms with E-state index < -0.39 is 15.8 Å². The summed E-state index contributed by atoms with van der Waals surface area (Å²) in [5.41, 5.74) is 1.54. The Morgan fingerprint density at radius 2 is 2.21 bits per heavy atom. The number of halogens is 2. The van der Waals surface area contributed by atoms with Crippen molar-refractivity contribution in [1.29, 1.82) is 0 Å². The summed E-state index contributed by atoms with van der Waals surface area (Å²) in [6.07, 6.45) is 1.55. The minimum absolute atomic E-state index is 0.00459. The highest BCUT2D eigenvalue weighted by Gasteiger charge is 2.18. The molecule has 0 aliphatic heterocycles. The zero-order valence-corrected chi connectivity index (χ0v) is 12.3. The number of H-pyrrole nitrogens is 1. The first-order valence-corrected chi connectivity index (χ1v) is 7.61. The molecule has 0 radical (unpaired) electrons. The van der Waals surface area contributed by atoms with Gasteiger partial charge in [0, 0.05) is 22.3 Å². The highest BCUT2D eigenvalue weighted by molar-refractivity contribution is 9.10. The third-order valence-electron chi connectivity index (χ3n) is 2.57. The average Bonchev–Trinajstić information content (AvgIpc) is 2.72. The van der Waals surface area contributed by atoms with Crippen LogP contribution in [0, 0.1) is 12.7 Å². The second-order valence-electron chi connectivity index (χ2n) is 3.92. The molecule has 0 saturated carbocycles. The molecular formula is C11H11BrFN3O2S. The smallest absolute Gasteiger partial charge is 0.241 e. The van der Waals surface area contributed by atoms with Gasteiger partial charge in [-0.25, -0.2) is 17.5 Å². The third kappa shape index (κ3) is 3.20. The van der Waals surface area contributed by atoms with E-state index in [4.69, 9.17) is 0 Å². The molecule has 0 unspecified atom stereocenters. The summed E-state index contributed by atoms with van der Waals surface area (Å²) < 4.78 is 39.7. The van der Waals surface area contributed by atoms with Crippen LogP contribution in [-0.2, 0) is 16.6 Å². The van der Waals surface area contributed by atoms with Crippen molar-refractivity contribution >= 4 is 26.0 Å². The van der Waals surface area contributed by atoms with Gasteiger partial charge in [-0.2, -0.15) is 5.10 Å². The van der Waals surface area contributed by atoms with Gasteiger partial charge in [0.25, 0.3) is 0 Å². The molecule has 8 heteroatoms. The number of nitrogens with one attached hydrogen (secondary N) is 2. The highest BCUT2D eigenvalue weighted by atomic mass is 79.9. The lowest BCUT2D eigenvalue weighted by atomic mass is 10.3. The lowest BCUT2D eigenvalue weighted by Gasteiger charge is -2.08. The van der Waals surface area contributed by atoms with Crippen LogP contribution in [0.2, 0.25) is 0 Å².